The maximum Gasteiger partial charge on any atom is 0.416 e. The largest absolute Gasteiger partial charge is 0.416 e. The van der Waals surface area contributed by atoms with Gasteiger partial charge < -0.3 is 20.4 Å². The number of hydrogen-bond donors (Lipinski definition) is 3. The molecule has 0 spiro atoms. The second kappa shape index (κ2) is 11.5. The first-order valence-electron chi connectivity index (χ1n) is 16.3. The van der Waals surface area contributed by atoms with Crippen LogP contribution in [0.3, 0.4) is 0 Å². The maximum atomic E-state index is 13.6. The Morgan fingerprint density at radius 1 is 1.23 bits per heavy atom. The van der Waals surface area contributed by atoms with E-state index in [0.717, 1.165) is 39.0 Å². The Kier molecular flexibility index (Phi) is 6.65. The van der Waals surface area contributed by atoms with Gasteiger partial charge in [-0.1, -0.05) is 6.07 Å². The molecule has 3 aromatic rings. The SMILES string of the molecule is [2H]C([2H])([2H])C([2H])([2H])n1nccc1C(=O)N[C@@H](COC(C)(C)C(F)(F)F)c1nc2ccc([C@H](NC(=O)CC3CC(F)(F)C3)C3CC3)cc2[nH]1. The summed E-state index contributed by atoms with van der Waals surface area (Å²) in [5.74, 6) is -4.41. The van der Waals surface area contributed by atoms with Gasteiger partial charge in [0.2, 0.25) is 11.8 Å². The molecule has 2 aromatic heterocycles. The van der Waals surface area contributed by atoms with Gasteiger partial charge in [-0.05, 0) is 69.1 Å². The molecule has 0 aliphatic heterocycles. The summed E-state index contributed by atoms with van der Waals surface area (Å²) < 4.78 is 112. The maximum absolute atomic E-state index is 13.6. The fraction of sp³-hybridized carbons (Fsp3) is 0.586. The number of aromatic nitrogens is 4. The number of halogens is 5. The fourth-order valence-corrected chi connectivity index (χ4v) is 5.09. The molecule has 1 aromatic carbocycles. The molecule has 2 fully saturated rings. The number of H-pyrrole nitrogens is 1. The summed E-state index contributed by atoms with van der Waals surface area (Å²) in [5.41, 5.74) is -1.68. The summed E-state index contributed by atoms with van der Waals surface area (Å²) >= 11 is 0. The fourth-order valence-electron chi connectivity index (χ4n) is 5.09. The number of amides is 2. The Morgan fingerprint density at radius 3 is 2.63 bits per heavy atom. The Labute approximate surface area is 252 Å². The van der Waals surface area contributed by atoms with Crippen molar-refractivity contribution >= 4 is 22.8 Å². The molecular weight excluding hydrogens is 575 g/mol. The van der Waals surface area contributed by atoms with Gasteiger partial charge in [-0.2, -0.15) is 18.3 Å². The van der Waals surface area contributed by atoms with Crippen LogP contribution in [0.15, 0.2) is 30.5 Å². The summed E-state index contributed by atoms with van der Waals surface area (Å²) in [4.78, 5) is 33.5. The third-order valence-corrected chi connectivity index (χ3v) is 7.85. The van der Waals surface area contributed by atoms with Gasteiger partial charge in [-0.3, -0.25) is 14.3 Å². The summed E-state index contributed by atoms with van der Waals surface area (Å²) in [6.45, 7) is -5.45. The molecule has 2 saturated carbocycles. The van der Waals surface area contributed by atoms with Crippen molar-refractivity contribution in [2.45, 2.75) is 89.1 Å². The number of ether oxygens (including phenoxy) is 1. The molecule has 3 N–H and O–H groups in total. The van der Waals surface area contributed by atoms with Gasteiger partial charge >= 0.3 is 6.18 Å². The van der Waals surface area contributed by atoms with Gasteiger partial charge in [0.15, 0.2) is 5.60 Å². The van der Waals surface area contributed by atoms with Crippen LogP contribution in [0.2, 0.25) is 0 Å². The topological polar surface area (TPSA) is 114 Å². The Bertz CT molecular complexity index is 1660. The summed E-state index contributed by atoms with van der Waals surface area (Å²) in [5, 5.41) is 9.08. The average Bonchev–Trinajstić information content (AvgIpc) is 3.49. The first-order valence-corrected chi connectivity index (χ1v) is 13.8. The third-order valence-electron chi connectivity index (χ3n) is 7.85. The number of carbonyl (C=O) groups excluding carboxylic acids is 2. The van der Waals surface area contributed by atoms with Gasteiger partial charge in [0.1, 0.15) is 17.6 Å². The summed E-state index contributed by atoms with van der Waals surface area (Å²) in [6.07, 6.45) is -2.75. The molecule has 2 aliphatic carbocycles. The highest BCUT2D eigenvalue weighted by molar-refractivity contribution is 5.92. The molecule has 2 amide bonds. The minimum absolute atomic E-state index is 0.0161. The molecule has 0 bridgehead atoms. The number of nitrogens with zero attached hydrogens (tertiary/aromatic N) is 3. The van der Waals surface area contributed by atoms with Crippen molar-refractivity contribution in [2.24, 2.45) is 11.8 Å². The highest BCUT2D eigenvalue weighted by Gasteiger charge is 2.49. The van der Waals surface area contributed by atoms with E-state index in [9.17, 15) is 31.5 Å². The van der Waals surface area contributed by atoms with Crippen LogP contribution in [0, 0.1) is 11.8 Å². The summed E-state index contributed by atoms with van der Waals surface area (Å²) in [6, 6.07) is 4.33. The predicted molar refractivity (Wildman–Crippen MR) is 146 cm³/mol. The van der Waals surface area contributed by atoms with Gasteiger partial charge in [0.05, 0.1) is 26.4 Å². The monoisotopic (exact) mass is 615 g/mol. The highest BCUT2D eigenvalue weighted by Crippen LogP contribution is 2.45. The zero-order valence-electron chi connectivity index (χ0n) is 28.4. The third kappa shape index (κ3) is 7.00. The number of fused-ring (bicyclic) bond motifs is 1. The van der Waals surface area contributed by atoms with Gasteiger partial charge in [0.25, 0.3) is 5.91 Å². The number of aryl methyl sites for hydroxylation is 1. The molecule has 2 atom stereocenters. The van der Waals surface area contributed by atoms with Crippen molar-refractivity contribution in [1.82, 2.24) is 30.4 Å². The highest BCUT2D eigenvalue weighted by atomic mass is 19.4. The van der Waals surface area contributed by atoms with Crippen molar-refractivity contribution in [3.05, 3.63) is 47.5 Å². The zero-order valence-corrected chi connectivity index (χ0v) is 23.4. The van der Waals surface area contributed by atoms with Crippen molar-refractivity contribution in [2.75, 3.05) is 6.61 Å². The number of nitrogens with one attached hydrogen (secondary N) is 3. The van der Waals surface area contributed by atoms with E-state index in [4.69, 9.17) is 11.6 Å². The van der Waals surface area contributed by atoms with Crippen LogP contribution in [-0.4, -0.2) is 55.9 Å². The number of rotatable bonds is 12. The molecule has 9 nitrogen and oxygen atoms in total. The number of imidazole rings is 1. The molecule has 43 heavy (non-hydrogen) atoms. The van der Waals surface area contributed by atoms with E-state index in [2.05, 4.69) is 25.7 Å². The quantitative estimate of drug-likeness (QED) is 0.229. The Balaban J connectivity index is 1.40. The average molecular weight is 616 g/mol. The molecule has 0 radical (unpaired) electrons. The number of alkyl halides is 5. The van der Waals surface area contributed by atoms with E-state index in [1.54, 1.807) is 18.2 Å². The Hall–Kier alpha value is -3.55. The van der Waals surface area contributed by atoms with Gasteiger partial charge in [0, 0.05) is 36.1 Å². The van der Waals surface area contributed by atoms with Crippen LogP contribution in [0.25, 0.3) is 11.0 Å². The van der Waals surface area contributed by atoms with E-state index < -0.39 is 61.3 Å². The lowest BCUT2D eigenvalue weighted by atomic mass is 9.79. The van der Waals surface area contributed by atoms with Crippen molar-refractivity contribution < 1.29 is 43.1 Å². The molecule has 2 heterocycles. The lowest BCUT2D eigenvalue weighted by Crippen LogP contribution is -2.44. The lowest BCUT2D eigenvalue weighted by molar-refractivity contribution is -0.265. The second-order valence-corrected chi connectivity index (χ2v) is 11.7. The first-order chi connectivity index (χ1) is 22.1. The van der Waals surface area contributed by atoms with Crippen LogP contribution in [0.5, 0.6) is 0 Å². The lowest BCUT2D eigenvalue weighted by Gasteiger charge is -2.34. The number of aromatic amines is 1. The molecule has 5 rings (SSSR count). The van der Waals surface area contributed by atoms with Gasteiger partial charge in [-0.15, -0.1) is 0 Å². The van der Waals surface area contributed by atoms with Crippen LogP contribution < -0.4 is 10.6 Å². The van der Waals surface area contributed by atoms with Crippen LogP contribution in [-0.2, 0) is 16.0 Å². The molecule has 234 valence electrons. The van der Waals surface area contributed by atoms with Crippen LogP contribution in [0.1, 0.15) is 93.6 Å². The van der Waals surface area contributed by atoms with Crippen molar-refractivity contribution in [3.8, 4) is 0 Å². The van der Waals surface area contributed by atoms with E-state index in [-0.39, 0.29) is 42.8 Å². The summed E-state index contributed by atoms with van der Waals surface area (Å²) in [7, 11) is 0. The normalized spacial score (nSPS) is 21.0. The minimum Gasteiger partial charge on any atom is -0.364 e. The van der Waals surface area contributed by atoms with Crippen LogP contribution in [0.4, 0.5) is 22.0 Å². The molecule has 2 aliphatic rings. The molecule has 14 heteroatoms. The van der Waals surface area contributed by atoms with Crippen molar-refractivity contribution in [1.29, 1.82) is 0 Å². The smallest absolute Gasteiger partial charge is 0.364 e. The van der Waals surface area contributed by atoms with E-state index in [1.165, 1.54) is 0 Å². The minimum atomic E-state index is -4.78. The molecular formula is C29H35F5N6O3. The molecule has 0 saturated heterocycles. The van der Waals surface area contributed by atoms with E-state index in [1.807, 2.05) is 0 Å². The predicted octanol–water partition coefficient (Wildman–Crippen LogP) is 5.61. The van der Waals surface area contributed by atoms with E-state index >= 15 is 0 Å². The number of hydrogen-bond acceptors (Lipinski definition) is 5. The first kappa shape index (κ1) is 24.8. The van der Waals surface area contributed by atoms with Crippen LogP contribution >= 0.6 is 0 Å². The van der Waals surface area contributed by atoms with Gasteiger partial charge in [-0.25, -0.2) is 13.8 Å². The standard InChI is InChI=1S/C29H35F5N6O3/c1-4-40-22(9-10-35-40)26(42)38-21(15-43-27(2,3)29(32,33)34)25-36-19-8-7-18(12-20(19)37-25)24(17-5-6-17)39-23(41)11-16-13-28(30,31)14-16/h7-10,12,16-17,21,24H,4-6,11,13-15H2,1-3H3,(H,36,37)(H,38,42)(H,39,41)/t21-,24+/m0/s1/i1D3,4D2. The number of carbonyl (C=O) groups is 2. The number of benzene rings is 1. The zero-order chi connectivity index (χ0) is 35.4. The van der Waals surface area contributed by atoms with Crippen molar-refractivity contribution in [3.63, 3.8) is 0 Å². The Morgan fingerprint density at radius 2 is 1.98 bits per heavy atom. The second-order valence-electron chi connectivity index (χ2n) is 11.7. The molecule has 0 unspecified atom stereocenters. The van der Waals surface area contributed by atoms with E-state index in [0.29, 0.717) is 21.3 Å².